The molecular weight excluding hydrogens is 709 g/mol. The number of pyridine rings is 2. The van der Waals surface area contributed by atoms with E-state index in [9.17, 15) is 9.59 Å². The van der Waals surface area contributed by atoms with Crippen LogP contribution in [0.2, 0.25) is 0 Å². The molecule has 5 aromatic rings. The topological polar surface area (TPSA) is 162 Å². The van der Waals surface area contributed by atoms with Gasteiger partial charge < -0.3 is 30.7 Å². The number of aromatic nitrogens is 6. The number of benzene rings is 1. The van der Waals surface area contributed by atoms with Crippen LogP contribution in [0.3, 0.4) is 0 Å². The minimum Gasteiger partial charge on any atom is -0.381 e. The SMILES string of the molecule is CCc1nc2c(cnn2CC)c(NC2CCOCC2)c1CNC(=O)CCc1ccc(C(=O)NCc2c(CC)nc3c(cnn3CC)c2NC2CCOCC2)cc1. The molecule has 0 atom stereocenters. The van der Waals surface area contributed by atoms with E-state index in [4.69, 9.17) is 19.4 Å². The van der Waals surface area contributed by atoms with Crippen LogP contribution < -0.4 is 21.3 Å². The lowest BCUT2D eigenvalue weighted by Gasteiger charge is -2.26. The average molecular weight is 765 g/mol. The second-order valence-corrected chi connectivity index (χ2v) is 14.6. The Morgan fingerprint density at radius 2 is 1.18 bits per heavy atom. The second kappa shape index (κ2) is 18.2. The number of rotatable bonds is 16. The summed E-state index contributed by atoms with van der Waals surface area (Å²) in [6.45, 7) is 13.4. The van der Waals surface area contributed by atoms with Gasteiger partial charge >= 0.3 is 0 Å². The number of carbonyl (C=O) groups is 2. The van der Waals surface area contributed by atoms with E-state index in [1.54, 1.807) is 0 Å². The van der Waals surface area contributed by atoms with E-state index >= 15 is 0 Å². The van der Waals surface area contributed by atoms with Crippen LogP contribution in [0, 0.1) is 0 Å². The first-order valence-corrected chi connectivity index (χ1v) is 20.5. The van der Waals surface area contributed by atoms with Gasteiger partial charge in [-0.2, -0.15) is 10.2 Å². The molecule has 0 aliphatic carbocycles. The molecule has 0 spiro atoms. The zero-order valence-corrected chi connectivity index (χ0v) is 33.2. The quantitative estimate of drug-likeness (QED) is 0.0981. The second-order valence-electron chi connectivity index (χ2n) is 14.6. The van der Waals surface area contributed by atoms with Gasteiger partial charge in [-0.05, 0) is 76.5 Å². The molecule has 2 aliphatic rings. The number of ether oxygens (including phenoxy) is 2. The van der Waals surface area contributed by atoms with Gasteiger partial charge in [-0.3, -0.25) is 9.59 Å². The average Bonchev–Trinajstić information content (AvgIpc) is 3.86. The zero-order chi connectivity index (χ0) is 39.0. The van der Waals surface area contributed by atoms with Crippen LogP contribution >= 0.6 is 0 Å². The number of amides is 2. The summed E-state index contributed by atoms with van der Waals surface area (Å²) < 4.78 is 15.1. The van der Waals surface area contributed by atoms with Gasteiger partial charge in [0.2, 0.25) is 5.91 Å². The molecule has 0 saturated carbocycles. The monoisotopic (exact) mass is 764 g/mol. The van der Waals surface area contributed by atoms with Gasteiger partial charge in [0.25, 0.3) is 5.91 Å². The lowest BCUT2D eigenvalue weighted by molar-refractivity contribution is -0.121. The largest absolute Gasteiger partial charge is 0.381 e. The Hall–Kier alpha value is -5.08. The van der Waals surface area contributed by atoms with Crippen molar-refractivity contribution in [2.45, 2.75) is 117 Å². The molecule has 6 heterocycles. The first-order chi connectivity index (χ1) is 27.4. The Kier molecular flexibility index (Phi) is 12.8. The van der Waals surface area contributed by atoms with E-state index in [2.05, 4.69) is 59.2 Å². The van der Waals surface area contributed by atoms with Gasteiger partial charge in [-0.15, -0.1) is 0 Å². The first kappa shape index (κ1) is 39.2. The molecule has 2 aliphatic heterocycles. The summed E-state index contributed by atoms with van der Waals surface area (Å²) in [5, 5.41) is 25.0. The molecule has 2 amide bonds. The molecule has 4 N–H and O–H groups in total. The highest BCUT2D eigenvalue weighted by molar-refractivity contribution is 5.95. The molecule has 1 aromatic carbocycles. The van der Waals surface area contributed by atoms with Gasteiger partial charge in [0, 0.05) is 99.2 Å². The lowest BCUT2D eigenvalue weighted by Crippen LogP contribution is -2.30. The number of fused-ring (bicyclic) bond motifs is 2. The van der Waals surface area contributed by atoms with Crippen LogP contribution in [0.1, 0.15) is 98.2 Å². The molecule has 0 radical (unpaired) electrons. The van der Waals surface area contributed by atoms with Gasteiger partial charge in [-0.1, -0.05) is 26.0 Å². The fourth-order valence-electron chi connectivity index (χ4n) is 7.83. The molecule has 0 unspecified atom stereocenters. The van der Waals surface area contributed by atoms with Crippen molar-refractivity contribution in [2.75, 3.05) is 37.1 Å². The molecule has 7 rings (SSSR count). The molecule has 14 heteroatoms. The third-order valence-electron chi connectivity index (χ3n) is 11.1. The Labute approximate surface area is 328 Å². The number of hydrogen-bond donors (Lipinski definition) is 4. The van der Waals surface area contributed by atoms with Gasteiger partial charge in [0.05, 0.1) is 34.5 Å². The summed E-state index contributed by atoms with van der Waals surface area (Å²) in [5.41, 5.74) is 9.17. The van der Waals surface area contributed by atoms with Crippen molar-refractivity contribution in [1.82, 2.24) is 40.2 Å². The van der Waals surface area contributed by atoms with E-state index in [0.29, 0.717) is 31.5 Å². The predicted molar refractivity (Wildman–Crippen MR) is 218 cm³/mol. The number of anilines is 2. The maximum absolute atomic E-state index is 13.5. The first-order valence-electron chi connectivity index (χ1n) is 20.5. The summed E-state index contributed by atoms with van der Waals surface area (Å²) >= 11 is 0. The minimum absolute atomic E-state index is 0.0396. The fourth-order valence-corrected chi connectivity index (χ4v) is 7.83. The Morgan fingerprint density at radius 1 is 0.696 bits per heavy atom. The number of carbonyl (C=O) groups excluding carboxylic acids is 2. The smallest absolute Gasteiger partial charge is 0.251 e. The van der Waals surface area contributed by atoms with E-state index in [1.807, 2.05) is 46.0 Å². The predicted octanol–water partition coefficient (Wildman–Crippen LogP) is 5.70. The summed E-state index contributed by atoms with van der Waals surface area (Å²) in [7, 11) is 0. The number of nitrogens with one attached hydrogen (secondary N) is 4. The molecule has 56 heavy (non-hydrogen) atoms. The normalized spacial score (nSPS) is 15.4. The number of hydrogen-bond acceptors (Lipinski definition) is 10. The Bertz CT molecular complexity index is 2130. The summed E-state index contributed by atoms with van der Waals surface area (Å²) in [6.07, 6.45) is 9.79. The van der Waals surface area contributed by atoms with Crippen molar-refractivity contribution in [3.8, 4) is 0 Å². The summed E-state index contributed by atoms with van der Waals surface area (Å²) in [4.78, 5) is 36.7. The van der Waals surface area contributed by atoms with Crippen molar-refractivity contribution in [3.05, 3.63) is 70.3 Å². The zero-order valence-electron chi connectivity index (χ0n) is 33.2. The van der Waals surface area contributed by atoms with E-state index in [-0.39, 0.29) is 23.9 Å². The Balaban J connectivity index is 0.985. The summed E-state index contributed by atoms with van der Waals surface area (Å²) in [5.74, 6) is -0.202. The van der Waals surface area contributed by atoms with Gasteiger partial charge in [0.1, 0.15) is 0 Å². The van der Waals surface area contributed by atoms with Crippen LogP contribution in [0.15, 0.2) is 36.7 Å². The van der Waals surface area contributed by atoms with Crippen molar-refractivity contribution >= 4 is 45.3 Å². The highest BCUT2D eigenvalue weighted by Gasteiger charge is 2.24. The van der Waals surface area contributed by atoms with Crippen molar-refractivity contribution in [3.63, 3.8) is 0 Å². The molecule has 2 fully saturated rings. The van der Waals surface area contributed by atoms with Crippen LogP contribution in [0.4, 0.5) is 11.4 Å². The van der Waals surface area contributed by atoms with Crippen molar-refractivity contribution in [2.24, 2.45) is 0 Å². The van der Waals surface area contributed by atoms with Crippen LogP contribution in [-0.2, 0) is 59.7 Å². The van der Waals surface area contributed by atoms with Crippen LogP contribution in [-0.4, -0.2) is 79.9 Å². The summed E-state index contributed by atoms with van der Waals surface area (Å²) in [6, 6.07) is 8.08. The van der Waals surface area contributed by atoms with E-state index in [1.165, 1.54) is 0 Å². The van der Waals surface area contributed by atoms with E-state index in [0.717, 1.165) is 140 Å². The molecule has 298 valence electrons. The van der Waals surface area contributed by atoms with Gasteiger partial charge in [0.15, 0.2) is 11.3 Å². The lowest BCUT2D eigenvalue weighted by atomic mass is 10.0. The standard InChI is InChI=1S/C42H56N10O4/c1-5-35-31(38(47-29-15-19-55-20-16-29)33-25-45-51(7-3)40(33)49-35)23-43-37(53)14-11-27-9-12-28(13-10-27)42(54)44-24-32-36(6-2)50-41-34(26-46-52(41)8-4)39(32)48-30-17-21-56-22-18-30/h9-10,12-13,25-26,29-30H,5-8,11,14-24H2,1-4H3,(H,43,53)(H,44,54)(H,47,49)(H,48,50). The third kappa shape index (κ3) is 8.66. The van der Waals surface area contributed by atoms with Crippen LogP contribution in [0.5, 0.6) is 0 Å². The molecule has 4 aromatic heterocycles. The highest BCUT2D eigenvalue weighted by Crippen LogP contribution is 2.33. The van der Waals surface area contributed by atoms with Crippen molar-refractivity contribution < 1.29 is 19.1 Å². The molecule has 2 saturated heterocycles. The van der Waals surface area contributed by atoms with Gasteiger partial charge in [-0.25, -0.2) is 19.3 Å². The minimum atomic E-state index is -0.162. The van der Waals surface area contributed by atoms with E-state index < -0.39 is 0 Å². The Morgan fingerprint density at radius 3 is 1.64 bits per heavy atom. The third-order valence-corrected chi connectivity index (χ3v) is 11.1. The van der Waals surface area contributed by atoms with Crippen molar-refractivity contribution in [1.29, 1.82) is 0 Å². The fraction of sp³-hybridized carbons (Fsp3) is 0.524. The molecular formula is C42H56N10O4. The van der Waals surface area contributed by atoms with Crippen LogP contribution in [0.25, 0.3) is 22.1 Å². The number of nitrogens with zero attached hydrogens (tertiary/aromatic N) is 6. The molecule has 14 nitrogen and oxygen atoms in total. The highest BCUT2D eigenvalue weighted by atomic mass is 16.5. The number of aryl methyl sites for hydroxylation is 5. The maximum atomic E-state index is 13.5. The maximum Gasteiger partial charge on any atom is 0.251 e. The molecule has 0 bridgehead atoms.